The zero-order chi connectivity index (χ0) is 11.1. The summed E-state index contributed by atoms with van der Waals surface area (Å²) in [5.74, 6) is 0.929. The fourth-order valence-corrected chi connectivity index (χ4v) is 1.31. The van der Waals surface area contributed by atoms with Crippen molar-refractivity contribution in [2.45, 2.75) is 6.92 Å². The van der Waals surface area contributed by atoms with E-state index >= 15 is 0 Å². The van der Waals surface area contributed by atoms with E-state index in [0.29, 0.717) is 6.61 Å². The first-order valence-electron chi connectivity index (χ1n) is 5.34. The normalized spacial score (nSPS) is 10.4. The number of hydrogen-bond donors (Lipinski definition) is 1. The molecule has 0 atom stereocenters. The summed E-state index contributed by atoms with van der Waals surface area (Å²) < 4.78 is 5.52. The highest BCUT2D eigenvalue weighted by molar-refractivity contribution is 5.56. The van der Waals surface area contributed by atoms with Gasteiger partial charge in [-0.2, -0.15) is 0 Å². The fourth-order valence-electron chi connectivity index (χ4n) is 1.31. The van der Waals surface area contributed by atoms with Crippen molar-refractivity contribution < 1.29 is 4.74 Å². The number of nitrogens with zero attached hydrogens (tertiary/aromatic N) is 1. The zero-order valence-electron chi connectivity index (χ0n) is 9.79. The lowest BCUT2D eigenvalue weighted by molar-refractivity contribution is 0.341. The summed E-state index contributed by atoms with van der Waals surface area (Å²) in [6, 6.07) is 8.03. The molecule has 0 aliphatic carbocycles. The maximum Gasteiger partial charge on any atom is 0.142 e. The Labute approximate surface area is 92.0 Å². The van der Waals surface area contributed by atoms with Gasteiger partial charge in [0.2, 0.25) is 0 Å². The molecule has 0 saturated carbocycles. The topological polar surface area (TPSA) is 24.5 Å². The van der Waals surface area contributed by atoms with Gasteiger partial charge in [-0.1, -0.05) is 12.1 Å². The molecule has 0 aromatic heterocycles. The van der Waals surface area contributed by atoms with Crippen molar-refractivity contribution in [3.8, 4) is 5.75 Å². The molecule has 1 N–H and O–H groups in total. The Bertz CT molecular complexity index is 287. The van der Waals surface area contributed by atoms with Crippen molar-refractivity contribution in [2.75, 3.05) is 39.1 Å². The first-order chi connectivity index (χ1) is 7.24. The van der Waals surface area contributed by atoms with Crippen molar-refractivity contribution in [3.05, 3.63) is 24.3 Å². The van der Waals surface area contributed by atoms with Crippen LogP contribution in [0.3, 0.4) is 0 Å². The molecule has 0 bridgehead atoms. The fraction of sp³-hybridized carbons (Fsp3) is 0.500. The average molecular weight is 208 g/mol. The summed E-state index contributed by atoms with van der Waals surface area (Å²) in [6.07, 6.45) is 0. The van der Waals surface area contributed by atoms with Gasteiger partial charge < -0.3 is 15.0 Å². The standard InChI is InChI=1S/C12H20N2O/c1-4-15-12-8-6-5-7-11(12)13-9-10-14(2)3/h5-8,13H,4,9-10H2,1-3H3. The van der Waals surface area contributed by atoms with Crippen LogP contribution >= 0.6 is 0 Å². The molecule has 1 rings (SSSR count). The van der Waals surface area contributed by atoms with Crippen LogP contribution < -0.4 is 10.1 Å². The third-order valence-corrected chi connectivity index (χ3v) is 2.06. The smallest absolute Gasteiger partial charge is 0.142 e. The van der Waals surface area contributed by atoms with Crippen molar-refractivity contribution in [1.29, 1.82) is 0 Å². The second-order valence-corrected chi connectivity index (χ2v) is 3.66. The Kier molecular flexibility index (Phi) is 4.98. The van der Waals surface area contributed by atoms with Crippen LogP contribution in [0.1, 0.15) is 6.92 Å². The van der Waals surface area contributed by atoms with Crippen molar-refractivity contribution in [1.82, 2.24) is 4.90 Å². The summed E-state index contributed by atoms with van der Waals surface area (Å²) >= 11 is 0. The van der Waals surface area contributed by atoms with E-state index in [4.69, 9.17) is 4.74 Å². The molecule has 0 aliphatic heterocycles. The number of para-hydroxylation sites is 2. The van der Waals surface area contributed by atoms with Gasteiger partial charge in [0.1, 0.15) is 5.75 Å². The maximum absolute atomic E-state index is 5.52. The highest BCUT2D eigenvalue weighted by Crippen LogP contribution is 2.23. The minimum Gasteiger partial charge on any atom is -0.492 e. The van der Waals surface area contributed by atoms with Gasteiger partial charge in [-0.25, -0.2) is 0 Å². The van der Waals surface area contributed by atoms with E-state index in [9.17, 15) is 0 Å². The van der Waals surface area contributed by atoms with E-state index in [1.807, 2.05) is 31.2 Å². The molecule has 0 unspecified atom stereocenters. The number of rotatable bonds is 6. The van der Waals surface area contributed by atoms with Crippen molar-refractivity contribution in [2.24, 2.45) is 0 Å². The number of anilines is 1. The van der Waals surface area contributed by atoms with Crippen LogP contribution in [0, 0.1) is 0 Å². The number of ether oxygens (including phenoxy) is 1. The van der Waals surface area contributed by atoms with E-state index in [1.54, 1.807) is 0 Å². The number of hydrogen-bond acceptors (Lipinski definition) is 3. The predicted molar refractivity (Wildman–Crippen MR) is 64.7 cm³/mol. The van der Waals surface area contributed by atoms with Gasteiger partial charge >= 0.3 is 0 Å². The summed E-state index contributed by atoms with van der Waals surface area (Å²) in [6.45, 7) is 4.64. The lowest BCUT2D eigenvalue weighted by atomic mass is 10.3. The van der Waals surface area contributed by atoms with Crippen LogP contribution in [0.4, 0.5) is 5.69 Å². The number of nitrogens with one attached hydrogen (secondary N) is 1. The number of benzene rings is 1. The van der Waals surface area contributed by atoms with Gasteiger partial charge in [0.15, 0.2) is 0 Å². The third kappa shape index (κ3) is 4.21. The van der Waals surface area contributed by atoms with E-state index in [0.717, 1.165) is 24.5 Å². The van der Waals surface area contributed by atoms with Crippen LogP contribution in [-0.4, -0.2) is 38.7 Å². The molecule has 0 heterocycles. The van der Waals surface area contributed by atoms with Gasteiger partial charge in [0, 0.05) is 13.1 Å². The Morgan fingerprint density at radius 1 is 1.27 bits per heavy atom. The van der Waals surface area contributed by atoms with Gasteiger partial charge in [0.05, 0.1) is 12.3 Å². The first-order valence-corrected chi connectivity index (χ1v) is 5.34. The quantitative estimate of drug-likeness (QED) is 0.774. The molecule has 3 nitrogen and oxygen atoms in total. The van der Waals surface area contributed by atoms with Crippen LogP contribution in [-0.2, 0) is 0 Å². The minimum atomic E-state index is 0.701. The van der Waals surface area contributed by atoms with E-state index in [1.165, 1.54) is 0 Å². The van der Waals surface area contributed by atoms with E-state index < -0.39 is 0 Å². The van der Waals surface area contributed by atoms with Crippen LogP contribution in [0.5, 0.6) is 5.75 Å². The monoisotopic (exact) mass is 208 g/mol. The number of likely N-dealkylation sites (N-methyl/N-ethyl adjacent to an activating group) is 1. The Morgan fingerprint density at radius 2 is 2.00 bits per heavy atom. The SMILES string of the molecule is CCOc1ccccc1NCCN(C)C. The van der Waals surface area contributed by atoms with E-state index in [-0.39, 0.29) is 0 Å². The van der Waals surface area contributed by atoms with Crippen molar-refractivity contribution in [3.63, 3.8) is 0 Å². The van der Waals surface area contributed by atoms with Gasteiger partial charge in [-0.15, -0.1) is 0 Å². The van der Waals surface area contributed by atoms with Crippen LogP contribution in [0.2, 0.25) is 0 Å². The average Bonchev–Trinajstić information content (AvgIpc) is 2.20. The molecule has 0 saturated heterocycles. The molecular weight excluding hydrogens is 188 g/mol. The lowest BCUT2D eigenvalue weighted by Crippen LogP contribution is -2.21. The van der Waals surface area contributed by atoms with Gasteiger partial charge in [-0.3, -0.25) is 0 Å². The second kappa shape index (κ2) is 6.30. The van der Waals surface area contributed by atoms with Gasteiger partial charge in [-0.05, 0) is 33.2 Å². The Morgan fingerprint density at radius 3 is 2.67 bits per heavy atom. The summed E-state index contributed by atoms with van der Waals surface area (Å²) in [5.41, 5.74) is 1.07. The Hall–Kier alpha value is -1.22. The highest BCUT2D eigenvalue weighted by Gasteiger charge is 2.00. The molecule has 1 aromatic rings. The molecule has 0 aliphatic rings. The summed E-state index contributed by atoms with van der Waals surface area (Å²) in [5, 5.41) is 3.36. The molecule has 15 heavy (non-hydrogen) atoms. The zero-order valence-corrected chi connectivity index (χ0v) is 9.79. The first kappa shape index (κ1) is 11.9. The molecule has 0 fully saturated rings. The second-order valence-electron chi connectivity index (χ2n) is 3.66. The molecule has 0 spiro atoms. The molecule has 1 aromatic carbocycles. The molecule has 84 valence electrons. The summed E-state index contributed by atoms with van der Waals surface area (Å²) in [4.78, 5) is 2.15. The molecule has 0 amide bonds. The van der Waals surface area contributed by atoms with Crippen LogP contribution in [0.15, 0.2) is 24.3 Å². The van der Waals surface area contributed by atoms with Crippen molar-refractivity contribution >= 4 is 5.69 Å². The lowest BCUT2D eigenvalue weighted by Gasteiger charge is -2.14. The van der Waals surface area contributed by atoms with E-state index in [2.05, 4.69) is 24.3 Å². The van der Waals surface area contributed by atoms with Gasteiger partial charge in [0.25, 0.3) is 0 Å². The molecule has 3 heteroatoms. The maximum atomic E-state index is 5.52. The highest BCUT2D eigenvalue weighted by atomic mass is 16.5. The predicted octanol–water partition coefficient (Wildman–Crippen LogP) is 2.06. The third-order valence-electron chi connectivity index (χ3n) is 2.06. The molecular formula is C12H20N2O. The minimum absolute atomic E-state index is 0.701. The Balaban J connectivity index is 2.51. The molecule has 0 radical (unpaired) electrons. The largest absolute Gasteiger partial charge is 0.492 e. The summed E-state index contributed by atoms with van der Waals surface area (Å²) in [7, 11) is 4.13. The van der Waals surface area contributed by atoms with Crippen LogP contribution in [0.25, 0.3) is 0 Å².